The molecule has 9 heteroatoms. The van der Waals surface area contributed by atoms with E-state index in [-0.39, 0.29) is 16.9 Å². The molecule has 0 atom stereocenters. The number of hydrogen-bond donors (Lipinski definition) is 1. The third-order valence-electron chi connectivity index (χ3n) is 1.80. The molecule has 1 heterocycles. The first-order chi connectivity index (χ1) is 8.28. The van der Waals surface area contributed by atoms with Crippen LogP contribution >= 0.6 is 15.9 Å². The van der Waals surface area contributed by atoms with Crippen LogP contribution in [0, 0.1) is 0 Å². The summed E-state index contributed by atoms with van der Waals surface area (Å²) in [6.07, 6.45) is -4.93. The Labute approximate surface area is 108 Å². The highest BCUT2D eigenvalue weighted by atomic mass is 79.9. The van der Waals surface area contributed by atoms with Gasteiger partial charge in [-0.05, 0) is 0 Å². The Kier molecular flexibility index (Phi) is 4.38. The first-order valence-electron chi connectivity index (χ1n) is 4.41. The summed E-state index contributed by atoms with van der Waals surface area (Å²) in [5, 5.41) is 8.77. The maximum atomic E-state index is 12.1. The predicted octanol–water partition coefficient (Wildman–Crippen LogP) is 2.58. The van der Waals surface area contributed by atoms with Gasteiger partial charge >= 0.3 is 12.3 Å². The van der Waals surface area contributed by atoms with Crippen molar-refractivity contribution in [3.8, 4) is 11.6 Å². The topological polar surface area (TPSA) is 68.7 Å². The molecule has 1 aromatic rings. The Bertz CT molecular complexity index is 464. The van der Waals surface area contributed by atoms with E-state index in [2.05, 4.69) is 30.4 Å². The van der Waals surface area contributed by atoms with Gasteiger partial charge in [0.1, 0.15) is 5.56 Å². The van der Waals surface area contributed by atoms with Crippen LogP contribution in [0.1, 0.15) is 16.1 Å². The first kappa shape index (κ1) is 14.6. The smallest absolute Gasteiger partial charge is 0.480 e. The molecule has 0 saturated heterocycles. The zero-order chi connectivity index (χ0) is 13.9. The van der Waals surface area contributed by atoms with Crippen LogP contribution in [0.25, 0.3) is 0 Å². The normalized spacial score (nSPS) is 11.2. The summed E-state index contributed by atoms with van der Waals surface area (Å²) < 4.78 is 44.8. The van der Waals surface area contributed by atoms with Crippen LogP contribution in [0.2, 0.25) is 0 Å². The van der Waals surface area contributed by atoms with Crippen molar-refractivity contribution in [1.29, 1.82) is 0 Å². The van der Waals surface area contributed by atoms with Crippen molar-refractivity contribution in [2.45, 2.75) is 11.7 Å². The number of halogens is 4. The lowest BCUT2D eigenvalue weighted by molar-refractivity contribution is -0.275. The largest absolute Gasteiger partial charge is 0.573 e. The maximum absolute atomic E-state index is 12.1. The van der Waals surface area contributed by atoms with E-state index >= 15 is 0 Å². The average Bonchev–Trinajstić information content (AvgIpc) is 2.26. The number of alkyl halides is 4. The fraction of sp³-hybridized carbons (Fsp3) is 0.333. The van der Waals surface area contributed by atoms with Gasteiger partial charge in [-0.25, -0.2) is 9.78 Å². The summed E-state index contributed by atoms with van der Waals surface area (Å²) in [7, 11) is 1.16. The number of hydrogen-bond acceptors (Lipinski definition) is 4. The molecule has 1 N–H and O–H groups in total. The van der Waals surface area contributed by atoms with Crippen LogP contribution in [0.5, 0.6) is 11.6 Å². The predicted molar refractivity (Wildman–Crippen MR) is 57.1 cm³/mol. The minimum absolute atomic E-state index is 0.0470. The van der Waals surface area contributed by atoms with Gasteiger partial charge in [0.25, 0.3) is 0 Å². The van der Waals surface area contributed by atoms with E-state index in [4.69, 9.17) is 5.11 Å². The SMILES string of the molecule is COc1nc(CBr)c(OC(F)(F)F)cc1C(=O)O. The molecule has 1 aromatic heterocycles. The van der Waals surface area contributed by atoms with E-state index in [0.717, 1.165) is 13.2 Å². The number of nitrogens with zero attached hydrogens (tertiary/aromatic N) is 1. The van der Waals surface area contributed by atoms with Crippen molar-refractivity contribution >= 4 is 21.9 Å². The van der Waals surface area contributed by atoms with E-state index in [9.17, 15) is 18.0 Å². The van der Waals surface area contributed by atoms with E-state index < -0.39 is 23.6 Å². The lowest BCUT2D eigenvalue weighted by Gasteiger charge is -2.13. The molecule has 0 aromatic carbocycles. The molecule has 0 aliphatic rings. The average molecular weight is 330 g/mol. The third-order valence-corrected chi connectivity index (χ3v) is 2.33. The van der Waals surface area contributed by atoms with Crippen molar-refractivity contribution in [3.05, 3.63) is 17.3 Å². The van der Waals surface area contributed by atoms with Gasteiger partial charge in [0.15, 0.2) is 5.75 Å². The summed E-state index contributed by atoms with van der Waals surface area (Å²) >= 11 is 2.93. The number of rotatable bonds is 4. The number of carboxylic acids is 1. The Hall–Kier alpha value is -1.51. The van der Waals surface area contributed by atoms with Gasteiger partial charge in [0.05, 0.1) is 12.8 Å². The molecule has 5 nitrogen and oxygen atoms in total. The number of aromatic carboxylic acids is 1. The second-order valence-corrected chi connectivity index (χ2v) is 3.54. The lowest BCUT2D eigenvalue weighted by Crippen LogP contribution is -2.19. The number of pyridine rings is 1. The first-order valence-corrected chi connectivity index (χ1v) is 5.53. The highest BCUT2D eigenvalue weighted by Gasteiger charge is 2.33. The summed E-state index contributed by atoms with van der Waals surface area (Å²) in [6.45, 7) is 0. The van der Waals surface area contributed by atoms with Gasteiger partial charge in [-0.1, -0.05) is 15.9 Å². The molecule has 0 fully saturated rings. The number of methoxy groups -OCH3 is 1. The van der Waals surface area contributed by atoms with E-state index in [1.54, 1.807) is 0 Å². The van der Waals surface area contributed by atoms with Crippen LogP contribution in [-0.2, 0) is 5.33 Å². The monoisotopic (exact) mass is 329 g/mol. The molecule has 0 bridgehead atoms. The molecule has 0 amide bonds. The van der Waals surface area contributed by atoms with Crippen LogP contribution in [0.3, 0.4) is 0 Å². The second-order valence-electron chi connectivity index (χ2n) is 2.98. The highest BCUT2D eigenvalue weighted by Crippen LogP contribution is 2.31. The number of carbonyl (C=O) groups is 1. The Balaban J connectivity index is 3.32. The Morgan fingerprint density at radius 2 is 2.17 bits per heavy atom. The van der Waals surface area contributed by atoms with Crippen LogP contribution in [0.4, 0.5) is 13.2 Å². The second kappa shape index (κ2) is 5.42. The lowest BCUT2D eigenvalue weighted by atomic mass is 10.2. The highest BCUT2D eigenvalue weighted by molar-refractivity contribution is 9.08. The molecular formula is C9H7BrF3NO4. The molecule has 0 radical (unpaired) electrons. The molecule has 0 aliphatic carbocycles. The maximum Gasteiger partial charge on any atom is 0.573 e. The molecule has 18 heavy (non-hydrogen) atoms. The summed E-state index contributed by atoms with van der Waals surface area (Å²) in [4.78, 5) is 14.5. The number of aromatic nitrogens is 1. The minimum Gasteiger partial charge on any atom is -0.480 e. The fourth-order valence-corrected chi connectivity index (χ4v) is 1.53. The molecule has 100 valence electrons. The molecule has 0 unspecified atom stereocenters. The van der Waals surface area contributed by atoms with E-state index in [0.29, 0.717) is 0 Å². The van der Waals surface area contributed by atoms with Crippen molar-refractivity contribution in [3.63, 3.8) is 0 Å². The molecule has 0 aliphatic heterocycles. The molecule has 1 rings (SSSR count). The van der Waals surface area contributed by atoms with Gasteiger partial charge in [0.2, 0.25) is 5.88 Å². The molecule has 0 spiro atoms. The van der Waals surface area contributed by atoms with Crippen LogP contribution in [0.15, 0.2) is 6.07 Å². The zero-order valence-corrected chi connectivity index (χ0v) is 10.5. The fourth-order valence-electron chi connectivity index (χ4n) is 1.13. The standard InChI is InChI=1S/C9H7BrF3NO4/c1-17-7-4(8(15)16)2-6(5(3-10)14-7)18-9(11,12)13/h2H,3H2,1H3,(H,15,16). The Morgan fingerprint density at radius 3 is 2.56 bits per heavy atom. The van der Waals surface area contributed by atoms with E-state index in [1.807, 2.05) is 0 Å². The molecular weight excluding hydrogens is 323 g/mol. The van der Waals surface area contributed by atoms with Gasteiger partial charge in [-0.15, -0.1) is 13.2 Å². The summed E-state index contributed by atoms with van der Waals surface area (Å²) in [5.74, 6) is -2.43. The van der Waals surface area contributed by atoms with Gasteiger partial charge in [-0.3, -0.25) is 0 Å². The van der Waals surface area contributed by atoms with Crippen LogP contribution < -0.4 is 9.47 Å². The number of carboxylic acid groups (broad SMARTS) is 1. The molecule has 0 saturated carbocycles. The van der Waals surface area contributed by atoms with E-state index in [1.165, 1.54) is 0 Å². The van der Waals surface area contributed by atoms with Crippen molar-refractivity contribution in [2.24, 2.45) is 0 Å². The third kappa shape index (κ3) is 3.49. The van der Waals surface area contributed by atoms with Crippen molar-refractivity contribution in [1.82, 2.24) is 4.98 Å². The quantitative estimate of drug-likeness (QED) is 0.860. The zero-order valence-electron chi connectivity index (χ0n) is 8.92. The number of ether oxygens (including phenoxy) is 2. The van der Waals surface area contributed by atoms with Gasteiger partial charge < -0.3 is 14.6 Å². The van der Waals surface area contributed by atoms with Crippen molar-refractivity contribution < 1.29 is 32.5 Å². The van der Waals surface area contributed by atoms with Gasteiger partial charge in [0, 0.05) is 11.4 Å². The minimum atomic E-state index is -4.93. The Morgan fingerprint density at radius 1 is 1.56 bits per heavy atom. The van der Waals surface area contributed by atoms with Gasteiger partial charge in [-0.2, -0.15) is 0 Å². The summed E-state index contributed by atoms with van der Waals surface area (Å²) in [6, 6.07) is 0.720. The van der Waals surface area contributed by atoms with Crippen molar-refractivity contribution in [2.75, 3.05) is 7.11 Å². The van der Waals surface area contributed by atoms with Crippen LogP contribution in [-0.4, -0.2) is 29.5 Å². The summed E-state index contributed by atoms with van der Waals surface area (Å²) in [5.41, 5.74) is -0.629.